The Hall–Kier alpha value is -1.99. The zero-order valence-electron chi connectivity index (χ0n) is 13.2. The normalized spacial score (nSPS) is 16.1. The zero-order chi connectivity index (χ0) is 17.3. The van der Waals surface area contributed by atoms with Crippen molar-refractivity contribution in [3.63, 3.8) is 0 Å². The van der Waals surface area contributed by atoms with Gasteiger partial charge in [-0.1, -0.05) is 6.42 Å². The minimum absolute atomic E-state index is 0.0325. The van der Waals surface area contributed by atoms with E-state index in [0.717, 1.165) is 38.2 Å². The quantitative estimate of drug-likeness (QED) is 0.761. The molecule has 1 aromatic carbocycles. The van der Waals surface area contributed by atoms with E-state index in [1.165, 1.54) is 11.6 Å². The van der Waals surface area contributed by atoms with E-state index in [-0.39, 0.29) is 23.1 Å². The summed E-state index contributed by atoms with van der Waals surface area (Å²) < 4.78 is 64.8. The first-order valence-corrected chi connectivity index (χ1v) is 7.89. The predicted molar refractivity (Wildman–Crippen MR) is 79.6 cm³/mol. The summed E-state index contributed by atoms with van der Waals surface area (Å²) in [6.07, 6.45) is 2.17. The maximum absolute atomic E-state index is 14.5. The third-order valence-electron chi connectivity index (χ3n) is 4.15. The lowest BCUT2D eigenvalue weighted by atomic mass is 9.98. The van der Waals surface area contributed by atoms with Crippen LogP contribution < -0.4 is 9.47 Å². The number of aromatic nitrogens is 2. The van der Waals surface area contributed by atoms with Crippen LogP contribution in [-0.4, -0.2) is 28.7 Å². The van der Waals surface area contributed by atoms with Crippen molar-refractivity contribution in [1.82, 2.24) is 9.55 Å². The van der Waals surface area contributed by atoms with E-state index in [1.54, 1.807) is 0 Å². The Morgan fingerprint density at radius 3 is 2.62 bits per heavy atom. The lowest BCUT2D eigenvalue weighted by molar-refractivity contribution is 0.0798. The summed E-state index contributed by atoms with van der Waals surface area (Å²) in [5.74, 6) is -2.34. The Bertz CT molecular complexity index is 727. The molecule has 2 aromatic rings. The van der Waals surface area contributed by atoms with Gasteiger partial charge in [-0.3, -0.25) is 4.57 Å². The lowest BCUT2D eigenvalue weighted by Crippen LogP contribution is -2.21. The summed E-state index contributed by atoms with van der Waals surface area (Å²) in [4.78, 5) is 4.03. The van der Waals surface area contributed by atoms with Gasteiger partial charge in [0.2, 0.25) is 0 Å². The van der Waals surface area contributed by atoms with Gasteiger partial charge in [0, 0.05) is 13.1 Å². The molecule has 0 aliphatic heterocycles. The highest BCUT2D eigenvalue weighted by atomic mass is 19.3. The highest BCUT2D eigenvalue weighted by molar-refractivity contribution is 5.80. The molecule has 8 heteroatoms. The lowest BCUT2D eigenvalue weighted by Gasteiger charge is -2.22. The van der Waals surface area contributed by atoms with Crippen molar-refractivity contribution >= 4 is 11.0 Å². The molecule has 0 atom stereocenters. The third kappa shape index (κ3) is 3.27. The Kier molecular flexibility index (Phi) is 4.82. The minimum Gasteiger partial charge on any atom is -0.484 e. The van der Waals surface area contributed by atoms with Crippen LogP contribution in [0.2, 0.25) is 0 Å². The van der Waals surface area contributed by atoms with E-state index in [2.05, 4.69) is 9.72 Å². The first-order valence-electron chi connectivity index (χ1n) is 7.89. The number of nitrogens with zero attached hydrogens (tertiary/aromatic N) is 2. The molecule has 1 heterocycles. The van der Waals surface area contributed by atoms with Crippen molar-refractivity contribution in [2.24, 2.45) is 7.05 Å². The van der Waals surface area contributed by atoms with Crippen LogP contribution in [0.25, 0.3) is 11.0 Å². The molecule has 1 fully saturated rings. The largest absolute Gasteiger partial charge is 0.484 e. The molecule has 0 amide bonds. The van der Waals surface area contributed by atoms with Gasteiger partial charge >= 0.3 is 0 Å². The molecule has 1 aliphatic carbocycles. The number of alkyl halides is 2. The second kappa shape index (κ2) is 6.86. The summed E-state index contributed by atoms with van der Waals surface area (Å²) in [6, 6.07) is 0.845. The minimum atomic E-state index is -2.78. The first kappa shape index (κ1) is 16.9. The molecule has 0 unspecified atom stereocenters. The number of aryl methyl sites for hydroxylation is 1. The van der Waals surface area contributed by atoms with Crippen LogP contribution in [0.15, 0.2) is 6.07 Å². The predicted octanol–water partition coefficient (Wildman–Crippen LogP) is 4.21. The van der Waals surface area contributed by atoms with Gasteiger partial charge in [-0.05, 0) is 25.7 Å². The highest BCUT2D eigenvalue weighted by Gasteiger charge is 2.24. The van der Waals surface area contributed by atoms with E-state index < -0.39 is 30.4 Å². The van der Waals surface area contributed by atoms with Crippen LogP contribution in [0, 0.1) is 11.6 Å². The fourth-order valence-electron chi connectivity index (χ4n) is 2.95. The van der Waals surface area contributed by atoms with Crippen LogP contribution in [0.1, 0.15) is 32.1 Å². The monoisotopic (exact) mass is 346 g/mol. The number of rotatable bonds is 5. The molecule has 24 heavy (non-hydrogen) atoms. The van der Waals surface area contributed by atoms with Crippen LogP contribution in [0.3, 0.4) is 0 Å². The van der Waals surface area contributed by atoms with Gasteiger partial charge in [-0.25, -0.2) is 17.6 Å². The van der Waals surface area contributed by atoms with Crippen LogP contribution >= 0.6 is 0 Å². The Labute approximate surface area is 136 Å². The van der Waals surface area contributed by atoms with E-state index >= 15 is 0 Å². The van der Waals surface area contributed by atoms with E-state index in [0.29, 0.717) is 0 Å². The Morgan fingerprint density at radius 1 is 1.25 bits per heavy atom. The molecule has 0 radical (unpaired) electrons. The van der Waals surface area contributed by atoms with E-state index in [4.69, 9.17) is 4.74 Å². The van der Waals surface area contributed by atoms with E-state index in [9.17, 15) is 17.6 Å². The maximum Gasteiger partial charge on any atom is 0.297 e. The number of hydrogen-bond donors (Lipinski definition) is 0. The molecular weight excluding hydrogens is 328 g/mol. The topological polar surface area (TPSA) is 36.3 Å². The molecule has 132 valence electrons. The second-order valence-electron chi connectivity index (χ2n) is 5.90. The molecule has 0 saturated heterocycles. The number of fused-ring (bicyclic) bond motifs is 1. The van der Waals surface area contributed by atoms with Crippen LogP contribution in [0.4, 0.5) is 17.6 Å². The van der Waals surface area contributed by atoms with Gasteiger partial charge in [0.1, 0.15) is 23.7 Å². The molecule has 0 N–H and O–H groups in total. The molecule has 1 aliphatic rings. The fraction of sp³-hybridized carbons (Fsp3) is 0.562. The van der Waals surface area contributed by atoms with Gasteiger partial charge in [-0.15, -0.1) is 0 Å². The van der Waals surface area contributed by atoms with Crippen molar-refractivity contribution in [3.05, 3.63) is 17.7 Å². The second-order valence-corrected chi connectivity index (χ2v) is 5.90. The molecular formula is C16H18F4N2O2. The maximum atomic E-state index is 14.5. The summed E-state index contributed by atoms with van der Waals surface area (Å²) in [5, 5.41) is 0. The number of ether oxygens (including phenoxy) is 2. The summed E-state index contributed by atoms with van der Waals surface area (Å²) in [7, 11) is 1.49. The van der Waals surface area contributed by atoms with Gasteiger partial charge in [0.05, 0.1) is 0 Å². The standard InChI is InChI=1S/C16H18F4N2O2/c1-22-15-13(20)11(23-8-12(18)19)7-10(17)14(15)21-16(22)24-9-5-3-2-4-6-9/h7,9,12H,2-6,8H2,1H3. The van der Waals surface area contributed by atoms with E-state index in [1.807, 2.05) is 0 Å². The first-order chi connectivity index (χ1) is 11.5. The third-order valence-corrected chi connectivity index (χ3v) is 4.15. The zero-order valence-corrected chi connectivity index (χ0v) is 13.2. The highest BCUT2D eigenvalue weighted by Crippen LogP contribution is 2.32. The molecule has 0 bridgehead atoms. The summed E-state index contributed by atoms with van der Waals surface area (Å²) in [6.45, 7) is -1.01. The average Bonchev–Trinajstić information content (AvgIpc) is 2.88. The van der Waals surface area contributed by atoms with Gasteiger partial charge in [0.15, 0.2) is 17.4 Å². The molecule has 1 saturated carbocycles. The van der Waals surface area contributed by atoms with Crippen LogP contribution in [-0.2, 0) is 7.05 Å². The van der Waals surface area contributed by atoms with Crippen molar-refractivity contribution in [1.29, 1.82) is 0 Å². The smallest absolute Gasteiger partial charge is 0.297 e. The molecule has 0 spiro atoms. The summed E-state index contributed by atoms with van der Waals surface area (Å²) >= 11 is 0. The molecule has 1 aromatic heterocycles. The number of imidazole rings is 1. The fourth-order valence-corrected chi connectivity index (χ4v) is 2.95. The van der Waals surface area contributed by atoms with Gasteiger partial charge < -0.3 is 9.47 Å². The number of hydrogen-bond acceptors (Lipinski definition) is 3. The van der Waals surface area contributed by atoms with Crippen molar-refractivity contribution in [3.8, 4) is 11.8 Å². The van der Waals surface area contributed by atoms with Crippen molar-refractivity contribution in [2.45, 2.75) is 44.6 Å². The molecule has 4 nitrogen and oxygen atoms in total. The Balaban J connectivity index is 1.94. The van der Waals surface area contributed by atoms with Gasteiger partial charge in [0.25, 0.3) is 12.4 Å². The Morgan fingerprint density at radius 2 is 1.96 bits per heavy atom. The SMILES string of the molecule is Cn1c(OC2CCCCC2)nc2c(F)cc(OCC(F)F)c(F)c21. The average molecular weight is 346 g/mol. The number of halogens is 4. The van der Waals surface area contributed by atoms with Crippen molar-refractivity contribution < 1.29 is 27.0 Å². The molecule has 3 rings (SSSR count). The van der Waals surface area contributed by atoms with Gasteiger partial charge in [-0.2, -0.15) is 4.98 Å². The summed E-state index contributed by atoms with van der Waals surface area (Å²) in [5.41, 5.74) is -0.365. The van der Waals surface area contributed by atoms with Crippen LogP contribution in [0.5, 0.6) is 11.8 Å². The van der Waals surface area contributed by atoms with Crippen molar-refractivity contribution in [2.75, 3.05) is 6.61 Å². The number of benzene rings is 1.